The van der Waals surface area contributed by atoms with Crippen molar-refractivity contribution in [1.82, 2.24) is 29.2 Å². The van der Waals surface area contributed by atoms with Crippen LogP contribution < -0.4 is 5.32 Å². The molecular weight excluding hydrogens is 639 g/mol. The number of hydrogen-bond acceptors (Lipinski definition) is 7. The van der Waals surface area contributed by atoms with Crippen LogP contribution in [0.25, 0.3) is 22.0 Å². The maximum Gasteiger partial charge on any atom is 0.264 e. The van der Waals surface area contributed by atoms with E-state index in [1.807, 2.05) is 38.1 Å². The van der Waals surface area contributed by atoms with Gasteiger partial charge >= 0.3 is 0 Å². The van der Waals surface area contributed by atoms with Gasteiger partial charge < -0.3 is 14.6 Å². The van der Waals surface area contributed by atoms with E-state index in [9.17, 15) is 23.1 Å². The number of fused-ring (bicyclic) bond motifs is 2. The summed E-state index contributed by atoms with van der Waals surface area (Å²) in [4.78, 5) is 24.8. The van der Waals surface area contributed by atoms with Crippen molar-refractivity contribution >= 4 is 33.3 Å². The van der Waals surface area contributed by atoms with E-state index in [1.54, 1.807) is 16.1 Å². The molecule has 48 heavy (non-hydrogen) atoms. The normalized spacial score (nSPS) is 18.4. The van der Waals surface area contributed by atoms with Gasteiger partial charge in [-0.15, -0.1) is 11.3 Å². The monoisotopic (exact) mass is 677 g/mol. The highest BCUT2D eigenvalue weighted by molar-refractivity contribution is 7.13. The number of anilines is 1. The molecule has 7 rings (SSSR count). The van der Waals surface area contributed by atoms with Crippen molar-refractivity contribution in [1.29, 1.82) is 0 Å². The number of thiazole rings is 1. The van der Waals surface area contributed by atoms with Crippen molar-refractivity contribution in [2.24, 2.45) is 5.92 Å². The molecule has 5 aromatic rings. The van der Waals surface area contributed by atoms with Gasteiger partial charge in [0, 0.05) is 47.4 Å². The van der Waals surface area contributed by atoms with Gasteiger partial charge in [0.2, 0.25) is 0 Å². The number of nitrogens with one attached hydrogen (secondary N) is 1. The molecule has 0 saturated carbocycles. The summed E-state index contributed by atoms with van der Waals surface area (Å²) in [5, 5.41) is 19.8. The van der Waals surface area contributed by atoms with Gasteiger partial charge in [-0.3, -0.25) is 14.8 Å². The lowest BCUT2D eigenvalue weighted by Crippen LogP contribution is -2.38. The van der Waals surface area contributed by atoms with Gasteiger partial charge in [-0.25, -0.2) is 23.1 Å². The van der Waals surface area contributed by atoms with E-state index < -0.39 is 24.5 Å². The lowest BCUT2D eigenvalue weighted by atomic mass is 9.92. The standard InChI is InChI=1S/C35H38F3N7O2S/c1-20-26(24-5-3-22(4-6-24)7-11-43-12-8-23(9-13-43)21(2)46)16-27(33(37)38)28-18-45(42-30(20)28)32(34(47)41-35-39-10-14-48-35)31-29-15-25(36)17-44(29)19-40-31/h3-6,10,14,16,18-19,21,23,25,32-33,46H,7-9,11-13,15,17H2,1-2H3,(H,39,41,47)/t21?,25-,32?/m1/s1. The third-order valence-corrected chi connectivity index (χ3v) is 10.5. The predicted octanol–water partition coefficient (Wildman–Crippen LogP) is 6.36. The quantitative estimate of drug-likeness (QED) is 0.179. The van der Waals surface area contributed by atoms with Crippen molar-refractivity contribution in [3.05, 3.63) is 82.5 Å². The third-order valence-electron chi connectivity index (χ3n) is 9.86. The first-order valence-corrected chi connectivity index (χ1v) is 17.2. The minimum Gasteiger partial charge on any atom is -0.393 e. The first-order chi connectivity index (χ1) is 23.2. The number of aryl methyl sites for hydroxylation is 1. The largest absolute Gasteiger partial charge is 0.393 e. The van der Waals surface area contributed by atoms with Crippen molar-refractivity contribution in [3.63, 3.8) is 0 Å². The SMILES string of the molecule is Cc1c(-c2ccc(CCN3CCC(C(C)O)CC3)cc2)cc(C(F)F)c2cn(C(C(=O)Nc3nccs3)c3ncn4c3C[C@@H](F)C4)nc12. The fourth-order valence-electron chi connectivity index (χ4n) is 7.11. The Morgan fingerprint density at radius 3 is 2.62 bits per heavy atom. The van der Waals surface area contributed by atoms with E-state index in [0.29, 0.717) is 39.1 Å². The number of carbonyl (C=O) groups is 1. The van der Waals surface area contributed by atoms with E-state index in [-0.39, 0.29) is 30.0 Å². The molecule has 2 unspecified atom stereocenters. The van der Waals surface area contributed by atoms with Gasteiger partial charge in [-0.2, -0.15) is 5.10 Å². The molecule has 1 fully saturated rings. The van der Waals surface area contributed by atoms with Gasteiger partial charge in [0.15, 0.2) is 11.2 Å². The second-order valence-corrected chi connectivity index (χ2v) is 13.8. The molecule has 3 atom stereocenters. The second-order valence-electron chi connectivity index (χ2n) is 12.9. The van der Waals surface area contributed by atoms with Gasteiger partial charge in [0.1, 0.15) is 6.17 Å². The Balaban J connectivity index is 1.19. The average molecular weight is 678 g/mol. The molecule has 252 valence electrons. The van der Waals surface area contributed by atoms with E-state index >= 15 is 0 Å². The molecule has 2 aromatic carbocycles. The number of aliphatic hydroxyl groups is 1. The molecule has 1 saturated heterocycles. The summed E-state index contributed by atoms with van der Waals surface area (Å²) in [5.41, 5.74) is 4.39. The van der Waals surface area contributed by atoms with Crippen LogP contribution in [0.5, 0.6) is 0 Å². The summed E-state index contributed by atoms with van der Waals surface area (Å²) in [5.74, 6) is -0.131. The van der Waals surface area contributed by atoms with Crippen molar-refractivity contribution in [2.75, 3.05) is 25.0 Å². The molecular formula is C35H38F3N7O2S. The molecule has 3 aromatic heterocycles. The number of aromatic nitrogens is 5. The number of amides is 1. The van der Waals surface area contributed by atoms with Gasteiger partial charge in [0.25, 0.3) is 12.3 Å². The number of nitrogens with zero attached hydrogens (tertiary/aromatic N) is 6. The highest BCUT2D eigenvalue weighted by Gasteiger charge is 2.35. The summed E-state index contributed by atoms with van der Waals surface area (Å²) in [6, 6.07) is 8.39. The second kappa shape index (κ2) is 13.4. The van der Waals surface area contributed by atoms with Gasteiger partial charge in [-0.1, -0.05) is 24.3 Å². The minimum absolute atomic E-state index is 0.0973. The molecule has 2 aliphatic heterocycles. The smallest absolute Gasteiger partial charge is 0.264 e. The first-order valence-electron chi connectivity index (χ1n) is 16.3. The zero-order chi connectivity index (χ0) is 33.5. The Kier molecular flexibility index (Phi) is 9.10. The highest BCUT2D eigenvalue weighted by atomic mass is 32.1. The van der Waals surface area contributed by atoms with Crippen LogP contribution in [0.3, 0.4) is 0 Å². The first kappa shape index (κ1) is 32.5. The lowest BCUT2D eigenvalue weighted by Gasteiger charge is -2.33. The number of carbonyl (C=O) groups excluding carboxylic acids is 1. The minimum atomic E-state index is -2.78. The molecule has 2 N–H and O–H groups in total. The number of likely N-dealkylation sites (tertiary alicyclic amines) is 1. The maximum absolute atomic E-state index is 14.7. The number of alkyl halides is 3. The molecule has 0 bridgehead atoms. The predicted molar refractivity (Wildman–Crippen MR) is 179 cm³/mol. The average Bonchev–Trinajstić information content (AvgIpc) is 3.88. The van der Waals surface area contributed by atoms with Crippen LogP contribution in [-0.2, 0) is 24.2 Å². The third kappa shape index (κ3) is 6.38. The molecule has 0 aliphatic carbocycles. The molecule has 2 aliphatic rings. The Morgan fingerprint density at radius 2 is 1.94 bits per heavy atom. The molecule has 0 spiro atoms. The summed E-state index contributed by atoms with van der Waals surface area (Å²) in [7, 11) is 0. The van der Waals surface area contributed by atoms with Crippen LogP contribution in [0, 0.1) is 12.8 Å². The van der Waals surface area contributed by atoms with Crippen LogP contribution in [0.1, 0.15) is 60.3 Å². The van der Waals surface area contributed by atoms with Gasteiger partial charge in [-0.05, 0) is 80.4 Å². The fraction of sp³-hybridized carbons (Fsp3) is 0.429. The summed E-state index contributed by atoms with van der Waals surface area (Å²) in [6.45, 7) is 6.73. The van der Waals surface area contributed by atoms with Gasteiger partial charge in [0.05, 0.1) is 30.2 Å². The van der Waals surface area contributed by atoms with E-state index in [2.05, 4.69) is 20.2 Å². The number of rotatable bonds is 10. The molecule has 9 nitrogen and oxygen atoms in total. The van der Waals surface area contributed by atoms with Crippen LogP contribution >= 0.6 is 11.3 Å². The van der Waals surface area contributed by atoms with Crippen molar-refractivity contribution in [2.45, 2.75) is 70.8 Å². The van der Waals surface area contributed by atoms with E-state index in [1.165, 1.54) is 34.6 Å². The molecule has 13 heteroatoms. The zero-order valence-electron chi connectivity index (χ0n) is 26.8. The number of aliphatic hydroxyl groups excluding tert-OH is 1. The van der Waals surface area contributed by atoms with Crippen LogP contribution in [0.2, 0.25) is 0 Å². The van der Waals surface area contributed by atoms with E-state index in [4.69, 9.17) is 5.10 Å². The van der Waals surface area contributed by atoms with Crippen LogP contribution in [-0.4, -0.2) is 72.1 Å². The van der Waals surface area contributed by atoms with E-state index in [0.717, 1.165) is 50.0 Å². The topological polar surface area (TPSA) is 101 Å². The Bertz CT molecular complexity index is 1900. The Morgan fingerprint density at radius 1 is 1.17 bits per heavy atom. The summed E-state index contributed by atoms with van der Waals surface area (Å²) >= 11 is 1.24. The van der Waals surface area contributed by atoms with Crippen LogP contribution in [0.4, 0.5) is 18.3 Å². The number of imidazole rings is 1. The highest BCUT2D eigenvalue weighted by Crippen LogP contribution is 2.38. The molecule has 5 heterocycles. The molecule has 1 amide bonds. The van der Waals surface area contributed by atoms with Crippen LogP contribution in [0.15, 0.2) is 54.4 Å². The lowest BCUT2D eigenvalue weighted by molar-refractivity contribution is -0.118. The Hall–Kier alpha value is -4.07. The molecule has 0 radical (unpaired) electrons. The fourth-order valence-corrected chi connectivity index (χ4v) is 7.64. The number of halogens is 3. The zero-order valence-corrected chi connectivity index (χ0v) is 27.6. The van der Waals surface area contributed by atoms with Crippen molar-refractivity contribution in [3.8, 4) is 11.1 Å². The number of piperidine rings is 1. The Labute approximate surface area is 280 Å². The maximum atomic E-state index is 14.7. The number of hydrogen-bond donors (Lipinski definition) is 2. The summed E-state index contributed by atoms with van der Waals surface area (Å²) in [6.07, 6.45) is 3.36. The summed E-state index contributed by atoms with van der Waals surface area (Å²) < 4.78 is 46.7. The van der Waals surface area contributed by atoms with Crippen molar-refractivity contribution < 1.29 is 23.1 Å². The number of benzene rings is 2.